The highest BCUT2D eigenvalue weighted by Crippen LogP contribution is 2.34. The van der Waals surface area contributed by atoms with Gasteiger partial charge in [0.2, 0.25) is 5.91 Å². The van der Waals surface area contributed by atoms with Gasteiger partial charge in [-0.05, 0) is 88.0 Å². The van der Waals surface area contributed by atoms with Gasteiger partial charge < -0.3 is 26.3 Å². The average Bonchev–Trinajstić information content (AvgIpc) is 3.31. The van der Waals surface area contributed by atoms with E-state index in [4.69, 9.17) is 16.5 Å². The number of carbonyl (C=O) groups is 1. The van der Waals surface area contributed by atoms with Gasteiger partial charge in [0.15, 0.2) is 0 Å². The Labute approximate surface area is 237 Å². The molecule has 2 aliphatic heterocycles. The van der Waals surface area contributed by atoms with Gasteiger partial charge >= 0.3 is 0 Å². The fraction of sp³-hybridized carbons (Fsp3) is 0.500. The predicted molar refractivity (Wildman–Crippen MR) is 162 cm³/mol. The van der Waals surface area contributed by atoms with Crippen molar-refractivity contribution >= 4 is 27.7 Å². The first kappa shape index (κ1) is 27.0. The molecule has 0 spiro atoms. The summed E-state index contributed by atoms with van der Waals surface area (Å²) in [4.78, 5) is 23.2. The number of unbranched alkanes of at least 4 members (excludes halogenated alkanes) is 1. The van der Waals surface area contributed by atoms with E-state index in [0.29, 0.717) is 25.2 Å². The molecule has 1 amide bonds. The number of benzene rings is 1. The van der Waals surface area contributed by atoms with Crippen LogP contribution in [0.25, 0.3) is 21.8 Å². The fourth-order valence-electron chi connectivity index (χ4n) is 6.96. The highest BCUT2D eigenvalue weighted by molar-refractivity contribution is 6.09. The summed E-state index contributed by atoms with van der Waals surface area (Å²) >= 11 is 0. The zero-order valence-corrected chi connectivity index (χ0v) is 23.5. The molecule has 212 valence electrons. The summed E-state index contributed by atoms with van der Waals surface area (Å²) in [6.45, 7) is 4.21. The van der Waals surface area contributed by atoms with E-state index in [2.05, 4.69) is 63.5 Å². The molecule has 3 aromatic rings. The molecule has 1 aliphatic carbocycles. The summed E-state index contributed by atoms with van der Waals surface area (Å²) in [5, 5.41) is 6.00. The number of amides is 1. The third-order valence-corrected chi connectivity index (χ3v) is 9.09. The molecule has 1 saturated carbocycles. The lowest BCUT2D eigenvalue weighted by atomic mass is 9.83. The molecule has 2 atom stereocenters. The number of piperidine rings is 1. The van der Waals surface area contributed by atoms with E-state index in [1.807, 2.05) is 11.1 Å². The lowest BCUT2D eigenvalue weighted by Crippen LogP contribution is -2.52. The minimum Gasteiger partial charge on any atom is -0.383 e. The molecule has 1 saturated heterocycles. The Kier molecular flexibility index (Phi) is 8.18. The number of carbonyl (C=O) groups excluding carboxylic acids is 1. The average molecular weight is 542 g/mol. The fourth-order valence-corrected chi connectivity index (χ4v) is 6.96. The molecule has 6 rings (SSSR count). The van der Waals surface area contributed by atoms with Crippen LogP contribution in [0, 0.1) is 0 Å². The van der Waals surface area contributed by atoms with Crippen LogP contribution in [0.3, 0.4) is 0 Å². The smallest absolute Gasteiger partial charge is 0.242 e. The third kappa shape index (κ3) is 5.40. The number of dihydropyridines is 1. The number of hydrogen-bond acceptors (Lipinski definition) is 6. The van der Waals surface area contributed by atoms with Gasteiger partial charge in [-0.25, -0.2) is 0 Å². The Bertz CT molecular complexity index is 1400. The molecule has 4 heterocycles. The number of nitrogens with one attached hydrogen (secondary N) is 1. The van der Waals surface area contributed by atoms with Crippen molar-refractivity contribution in [2.75, 3.05) is 26.2 Å². The van der Waals surface area contributed by atoms with Crippen LogP contribution in [0.1, 0.15) is 50.6 Å². The van der Waals surface area contributed by atoms with Crippen molar-refractivity contribution in [3.05, 3.63) is 66.1 Å². The number of likely N-dealkylation sites (tertiary alicyclic amines) is 1. The highest BCUT2D eigenvalue weighted by atomic mass is 16.2. The number of nitrogens with zero attached hydrogens (tertiary/aromatic N) is 4. The maximum Gasteiger partial charge on any atom is 0.242 e. The van der Waals surface area contributed by atoms with Gasteiger partial charge in [-0.2, -0.15) is 0 Å². The molecular formula is C32H43N7O. The van der Waals surface area contributed by atoms with E-state index in [0.717, 1.165) is 81.4 Å². The number of hydrogen-bond donors (Lipinski definition) is 3. The van der Waals surface area contributed by atoms with Crippen molar-refractivity contribution < 1.29 is 4.79 Å². The molecule has 1 aromatic carbocycles. The van der Waals surface area contributed by atoms with Gasteiger partial charge in [-0.3, -0.25) is 14.7 Å². The SMILES string of the molecule is NCCCCN(Cc1nccc2c3ccccc3n(CC(=O)N3CCC(N)CC3)c12)[C@H]1CCCC2=CC=CNC21. The van der Waals surface area contributed by atoms with E-state index in [9.17, 15) is 4.79 Å². The number of nitrogens with two attached hydrogens (primary N) is 2. The Hall–Kier alpha value is -3.20. The number of rotatable bonds is 9. The number of pyridine rings is 1. The molecular weight excluding hydrogens is 498 g/mol. The zero-order chi connectivity index (χ0) is 27.5. The summed E-state index contributed by atoms with van der Waals surface area (Å²) < 4.78 is 2.22. The van der Waals surface area contributed by atoms with Gasteiger partial charge in [-0.1, -0.05) is 24.3 Å². The Morgan fingerprint density at radius 1 is 1.10 bits per heavy atom. The second kappa shape index (κ2) is 12.1. The predicted octanol–water partition coefficient (Wildman–Crippen LogP) is 3.64. The van der Waals surface area contributed by atoms with Crippen molar-refractivity contribution in [1.29, 1.82) is 0 Å². The summed E-state index contributed by atoms with van der Waals surface area (Å²) in [5.41, 5.74) is 16.7. The summed E-state index contributed by atoms with van der Waals surface area (Å²) in [5.74, 6) is 0.157. The lowest BCUT2D eigenvalue weighted by Gasteiger charge is -2.42. The molecule has 2 aromatic heterocycles. The number of allylic oxidation sites excluding steroid dienone is 2. The monoisotopic (exact) mass is 541 g/mol. The molecule has 40 heavy (non-hydrogen) atoms. The number of aromatic nitrogens is 2. The number of fused-ring (bicyclic) bond motifs is 4. The second-order valence-electron chi connectivity index (χ2n) is 11.6. The van der Waals surface area contributed by atoms with Crippen molar-refractivity contribution in [2.24, 2.45) is 11.5 Å². The molecule has 1 unspecified atom stereocenters. The van der Waals surface area contributed by atoms with Crippen molar-refractivity contribution in [3.63, 3.8) is 0 Å². The summed E-state index contributed by atoms with van der Waals surface area (Å²) in [6, 6.07) is 11.5. The Morgan fingerprint density at radius 2 is 1.95 bits per heavy atom. The molecule has 2 fully saturated rings. The highest BCUT2D eigenvalue weighted by Gasteiger charge is 2.34. The maximum absolute atomic E-state index is 13.6. The van der Waals surface area contributed by atoms with Crippen LogP contribution in [0.2, 0.25) is 0 Å². The van der Waals surface area contributed by atoms with Crippen LogP contribution < -0.4 is 16.8 Å². The van der Waals surface area contributed by atoms with Gasteiger partial charge in [0, 0.05) is 54.2 Å². The van der Waals surface area contributed by atoms with E-state index < -0.39 is 0 Å². The minimum atomic E-state index is 0.157. The van der Waals surface area contributed by atoms with Crippen molar-refractivity contribution in [3.8, 4) is 0 Å². The van der Waals surface area contributed by atoms with E-state index in [-0.39, 0.29) is 11.9 Å². The topological polar surface area (TPSA) is 105 Å². The Balaban J connectivity index is 1.37. The summed E-state index contributed by atoms with van der Waals surface area (Å²) in [7, 11) is 0. The maximum atomic E-state index is 13.6. The van der Waals surface area contributed by atoms with Crippen molar-refractivity contribution in [1.82, 2.24) is 24.7 Å². The van der Waals surface area contributed by atoms with E-state index >= 15 is 0 Å². The van der Waals surface area contributed by atoms with Crippen LogP contribution in [-0.2, 0) is 17.9 Å². The van der Waals surface area contributed by atoms with E-state index in [1.54, 1.807) is 0 Å². The standard InChI is InChI=1S/C32H43N7O/c33-15-3-4-18-38(29-11-5-7-23-8-6-16-36-31(23)29)21-27-32-26(12-17-35-27)25-9-1-2-10-28(25)39(32)22-30(40)37-19-13-24(34)14-20-37/h1-2,6,8-10,12,16-17,24,29,31,36H,3-5,7,11,13-15,18-22,33-34H2/t29-,31?/m0/s1. The normalized spacial score (nSPS) is 21.6. The van der Waals surface area contributed by atoms with E-state index in [1.165, 1.54) is 22.8 Å². The molecule has 0 radical (unpaired) electrons. The molecule has 8 nitrogen and oxygen atoms in total. The first-order valence-corrected chi connectivity index (χ1v) is 15.1. The van der Waals surface area contributed by atoms with Crippen molar-refractivity contribution in [2.45, 2.75) is 76.2 Å². The first-order chi connectivity index (χ1) is 19.6. The third-order valence-electron chi connectivity index (χ3n) is 9.09. The van der Waals surface area contributed by atoms with Gasteiger partial charge in [0.25, 0.3) is 0 Å². The van der Waals surface area contributed by atoms with Gasteiger partial charge in [0.1, 0.15) is 6.54 Å². The molecule has 0 bridgehead atoms. The van der Waals surface area contributed by atoms with Crippen LogP contribution >= 0.6 is 0 Å². The lowest BCUT2D eigenvalue weighted by molar-refractivity contribution is -0.132. The first-order valence-electron chi connectivity index (χ1n) is 15.1. The zero-order valence-electron chi connectivity index (χ0n) is 23.5. The van der Waals surface area contributed by atoms with Crippen LogP contribution in [0.5, 0.6) is 0 Å². The molecule has 5 N–H and O–H groups in total. The largest absolute Gasteiger partial charge is 0.383 e. The second-order valence-corrected chi connectivity index (χ2v) is 11.6. The Morgan fingerprint density at radius 3 is 2.80 bits per heavy atom. The summed E-state index contributed by atoms with van der Waals surface area (Å²) in [6.07, 6.45) is 15.7. The van der Waals surface area contributed by atoms with Gasteiger partial charge in [-0.15, -0.1) is 0 Å². The van der Waals surface area contributed by atoms with Crippen LogP contribution in [-0.4, -0.2) is 69.6 Å². The minimum absolute atomic E-state index is 0.157. The molecule has 3 aliphatic rings. The quantitative estimate of drug-likeness (QED) is 0.357. The van der Waals surface area contributed by atoms with Crippen LogP contribution in [0.4, 0.5) is 0 Å². The molecule has 8 heteroatoms. The number of para-hydroxylation sites is 1. The van der Waals surface area contributed by atoms with Crippen LogP contribution in [0.15, 0.2) is 60.5 Å². The van der Waals surface area contributed by atoms with Gasteiger partial charge in [0.05, 0.1) is 17.3 Å².